The number of aromatic nitrogens is 3. The molecule has 6 nitrogen and oxygen atoms in total. The summed E-state index contributed by atoms with van der Waals surface area (Å²) in [5.41, 5.74) is -1.38. The van der Waals surface area contributed by atoms with Gasteiger partial charge < -0.3 is 0 Å². The summed E-state index contributed by atoms with van der Waals surface area (Å²) in [7, 11) is 0. The zero-order chi connectivity index (χ0) is 22.2. The quantitative estimate of drug-likeness (QED) is 0.223. The zero-order valence-electron chi connectivity index (χ0n) is 18.1. The summed E-state index contributed by atoms with van der Waals surface area (Å²) >= 11 is 12.6. The first kappa shape index (κ1) is 27.5. The van der Waals surface area contributed by atoms with Crippen molar-refractivity contribution in [2.45, 2.75) is 96.7 Å². The maximum atomic E-state index is 12.9. The van der Waals surface area contributed by atoms with E-state index in [1.165, 1.54) is 13.7 Å². The molecular formula is C21H39N3O3S3. The number of unbranched alkanes of at least 4 members (excludes halogenated alkanes) is 9. The Hall–Kier alpha value is -0.540. The maximum absolute atomic E-state index is 12.9. The molecule has 0 amide bonds. The van der Waals surface area contributed by atoms with Gasteiger partial charge in [0, 0.05) is 19.6 Å². The molecule has 0 aliphatic carbocycles. The Kier molecular flexibility index (Phi) is 15.6. The Morgan fingerprint density at radius 3 is 0.867 bits per heavy atom. The van der Waals surface area contributed by atoms with Crippen LogP contribution in [0.1, 0.15) is 77.0 Å². The Labute approximate surface area is 196 Å². The Balaban J connectivity index is 2.98. The van der Waals surface area contributed by atoms with Crippen LogP contribution in [0.2, 0.25) is 0 Å². The molecule has 9 heteroatoms. The molecule has 30 heavy (non-hydrogen) atoms. The van der Waals surface area contributed by atoms with Gasteiger partial charge in [-0.15, -0.1) is 0 Å². The highest BCUT2D eigenvalue weighted by Gasteiger charge is 2.15. The lowest BCUT2D eigenvalue weighted by Crippen LogP contribution is -2.54. The van der Waals surface area contributed by atoms with Gasteiger partial charge in [0.05, 0.1) is 0 Å². The molecule has 1 aromatic rings. The van der Waals surface area contributed by atoms with E-state index in [1.54, 1.807) is 0 Å². The molecule has 0 saturated carbocycles. The molecule has 0 atom stereocenters. The zero-order valence-corrected chi connectivity index (χ0v) is 20.8. The van der Waals surface area contributed by atoms with E-state index in [2.05, 4.69) is 37.9 Å². The number of rotatable bonds is 18. The molecule has 0 aliphatic heterocycles. The van der Waals surface area contributed by atoms with E-state index < -0.39 is 17.1 Å². The summed E-state index contributed by atoms with van der Waals surface area (Å²) in [5, 5.41) is 0. The van der Waals surface area contributed by atoms with E-state index in [0.717, 1.165) is 94.3 Å². The average Bonchev–Trinajstić information content (AvgIpc) is 2.74. The topological polar surface area (TPSA) is 66.0 Å². The molecule has 0 saturated heterocycles. The summed E-state index contributed by atoms with van der Waals surface area (Å²) in [4.78, 5) is 38.7. The van der Waals surface area contributed by atoms with E-state index in [4.69, 9.17) is 0 Å². The van der Waals surface area contributed by atoms with Crippen LogP contribution in [0.4, 0.5) is 0 Å². The van der Waals surface area contributed by atoms with Crippen LogP contribution < -0.4 is 17.1 Å². The first-order chi connectivity index (χ1) is 14.6. The van der Waals surface area contributed by atoms with Crippen molar-refractivity contribution in [1.82, 2.24) is 13.7 Å². The van der Waals surface area contributed by atoms with Gasteiger partial charge in [-0.25, -0.2) is 28.1 Å². The summed E-state index contributed by atoms with van der Waals surface area (Å²) in [6.07, 6.45) is 11.3. The smallest absolute Gasteiger partial charge is 0.247 e. The van der Waals surface area contributed by atoms with Crippen LogP contribution in [0, 0.1) is 0 Å². The predicted molar refractivity (Wildman–Crippen MR) is 136 cm³/mol. The number of hydrogen-bond acceptors (Lipinski definition) is 6. The fourth-order valence-corrected chi connectivity index (χ4v) is 4.13. The number of hydrogen-bond donors (Lipinski definition) is 3. The molecule has 0 N–H and O–H groups in total. The van der Waals surface area contributed by atoms with E-state index >= 15 is 0 Å². The van der Waals surface area contributed by atoms with Gasteiger partial charge in [0.2, 0.25) is 0 Å². The fraction of sp³-hybridized carbons (Fsp3) is 0.857. The van der Waals surface area contributed by atoms with E-state index in [-0.39, 0.29) is 0 Å². The largest absolute Gasteiger partial charge is 0.336 e. The summed E-state index contributed by atoms with van der Waals surface area (Å²) in [5.74, 6) is 2.54. The second kappa shape index (κ2) is 17.1. The van der Waals surface area contributed by atoms with Gasteiger partial charge >= 0.3 is 17.1 Å². The Bertz CT molecular complexity index is 628. The molecule has 0 aromatic carbocycles. The van der Waals surface area contributed by atoms with E-state index in [0.29, 0.717) is 19.6 Å². The van der Waals surface area contributed by atoms with Crippen molar-refractivity contribution in [3.63, 3.8) is 0 Å². The van der Waals surface area contributed by atoms with Gasteiger partial charge in [0.25, 0.3) is 0 Å². The highest BCUT2D eigenvalue weighted by Crippen LogP contribution is 2.04. The van der Waals surface area contributed by atoms with Gasteiger partial charge in [-0.3, -0.25) is 0 Å². The van der Waals surface area contributed by atoms with Crippen molar-refractivity contribution in [2.75, 3.05) is 17.3 Å². The molecule has 0 spiro atoms. The van der Waals surface area contributed by atoms with Crippen LogP contribution in [-0.2, 0) is 19.6 Å². The third-order valence-corrected chi connectivity index (χ3v) is 6.20. The van der Waals surface area contributed by atoms with Crippen LogP contribution >= 0.6 is 37.9 Å². The van der Waals surface area contributed by atoms with Crippen LogP contribution in [0.25, 0.3) is 0 Å². The second-order valence-electron chi connectivity index (χ2n) is 7.72. The fourth-order valence-electron chi connectivity index (χ4n) is 3.46. The lowest BCUT2D eigenvalue weighted by atomic mass is 10.2. The van der Waals surface area contributed by atoms with Crippen molar-refractivity contribution < 1.29 is 0 Å². The van der Waals surface area contributed by atoms with Gasteiger partial charge in [-0.2, -0.15) is 37.9 Å². The van der Waals surface area contributed by atoms with E-state index in [9.17, 15) is 14.4 Å². The highest BCUT2D eigenvalue weighted by atomic mass is 32.1. The Morgan fingerprint density at radius 2 is 0.633 bits per heavy atom. The summed E-state index contributed by atoms with van der Waals surface area (Å²) < 4.78 is 3.80. The minimum absolute atomic E-state index is 0.365. The van der Waals surface area contributed by atoms with Crippen molar-refractivity contribution in [3.8, 4) is 0 Å². The summed E-state index contributed by atoms with van der Waals surface area (Å²) in [6.45, 7) is 1.09. The molecule has 1 rings (SSSR count). The minimum atomic E-state index is -0.459. The van der Waals surface area contributed by atoms with Crippen LogP contribution in [-0.4, -0.2) is 31.0 Å². The molecule has 0 aliphatic rings. The van der Waals surface area contributed by atoms with Crippen LogP contribution in [0.3, 0.4) is 0 Å². The average molecular weight is 478 g/mol. The standard InChI is InChI=1S/C21H39N3O3S3/c25-19-22(13-7-1-4-10-16-28)20(26)24(15-9-3-6-12-18-30)21(27)23(19)14-8-2-5-11-17-29/h28-30H,1-18H2. The molecule has 0 radical (unpaired) electrons. The molecule has 174 valence electrons. The first-order valence-electron chi connectivity index (χ1n) is 11.4. The van der Waals surface area contributed by atoms with E-state index in [1.807, 2.05) is 0 Å². The summed E-state index contributed by atoms with van der Waals surface area (Å²) in [6, 6.07) is 0. The predicted octanol–water partition coefficient (Wildman–Crippen LogP) is 3.64. The van der Waals surface area contributed by atoms with Gasteiger partial charge in [-0.05, 0) is 55.8 Å². The molecular weight excluding hydrogens is 438 g/mol. The van der Waals surface area contributed by atoms with Crippen LogP contribution in [0.5, 0.6) is 0 Å². The number of nitrogens with zero attached hydrogens (tertiary/aromatic N) is 3. The SMILES string of the molecule is O=c1n(CCCCCCS)c(=O)n(CCCCCCS)c(=O)n1CCCCCCS. The second-order valence-corrected chi connectivity index (χ2v) is 9.06. The third-order valence-electron chi connectivity index (χ3n) is 5.25. The van der Waals surface area contributed by atoms with Crippen LogP contribution in [0.15, 0.2) is 14.4 Å². The number of thiol groups is 3. The first-order valence-corrected chi connectivity index (χ1v) is 13.2. The monoisotopic (exact) mass is 477 g/mol. The maximum Gasteiger partial charge on any atom is 0.336 e. The molecule has 0 fully saturated rings. The van der Waals surface area contributed by atoms with Crippen molar-refractivity contribution in [2.24, 2.45) is 0 Å². The van der Waals surface area contributed by atoms with Crippen molar-refractivity contribution >= 4 is 37.9 Å². The molecule has 0 bridgehead atoms. The highest BCUT2D eigenvalue weighted by molar-refractivity contribution is 7.80. The molecule has 1 aromatic heterocycles. The van der Waals surface area contributed by atoms with Gasteiger partial charge in [-0.1, -0.05) is 38.5 Å². The van der Waals surface area contributed by atoms with Gasteiger partial charge in [0.15, 0.2) is 0 Å². The minimum Gasteiger partial charge on any atom is -0.247 e. The van der Waals surface area contributed by atoms with Crippen molar-refractivity contribution in [3.05, 3.63) is 31.5 Å². The normalized spacial score (nSPS) is 11.3. The molecule has 0 unspecified atom stereocenters. The lowest BCUT2D eigenvalue weighted by molar-refractivity contribution is 0.414. The lowest BCUT2D eigenvalue weighted by Gasteiger charge is -2.14. The van der Waals surface area contributed by atoms with Crippen molar-refractivity contribution in [1.29, 1.82) is 0 Å². The Morgan fingerprint density at radius 1 is 0.400 bits per heavy atom. The van der Waals surface area contributed by atoms with Gasteiger partial charge in [0.1, 0.15) is 0 Å². The molecule has 1 heterocycles. The third kappa shape index (κ3) is 9.73.